The first-order valence-corrected chi connectivity index (χ1v) is 10.7. The van der Waals surface area contributed by atoms with E-state index >= 15 is 0 Å². The number of carbonyl (C=O) groups is 1. The molecule has 0 spiro atoms. The summed E-state index contributed by atoms with van der Waals surface area (Å²) in [5, 5.41) is 0. The maximum absolute atomic E-state index is 14.9. The maximum atomic E-state index is 14.9. The Kier molecular flexibility index (Phi) is 7.15. The SMILES string of the molecule is CCCC1CCC(c2ccc(-c3ccc(C(=O)CC)c(C(F)F)c3F)cc2)CC1. The van der Waals surface area contributed by atoms with Crippen LogP contribution < -0.4 is 0 Å². The molecule has 156 valence electrons. The normalized spacial score (nSPS) is 19.5. The third-order valence-electron chi connectivity index (χ3n) is 6.26. The number of alkyl halides is 2. The molecule has 0 aromatic heterocycles. The zero-order valence-electron chi connectivity index (χ0n) is 17.2. The van der Waals surface area contributed by atoms with E-state index in [1.54, 1.807) is 6.92 Å². The molecule has 0 atom stereocenters. The van der Waals surface area contributed by atoms with E-state index in [4.69, 9.17) is 0 Å². The highest BCUT2D eigenvalue weighted by molar-refractivity contribution is 5.98. The van der Waals surface area contributed by atoms with Crippen LogP contribution in [0.2, 0.25) is 0 Å². The molecule has 2 aromatic rings. The van der Waals surface area contributed by atoms with Crippen LogP contribution >= 0.6 is 0 Å². The van der Waals surface area contributed by atoms with Crippen LogP contribution in [0.1, 0.15) is 92.6 Å². The fraction of sp³-hybridized carbons (Fsp3) is 0.480. The van der Waals surface area contributed by atoms with E-state index in [2.05, 4.69) is 6.92 Å². The van der Waals surface area contributed by atoms with Gasteiger partial charge in [0.2, 0.25) is 0 Å². The van der Waals surface area contributed by atoms with Crippen LogP contribution in [0.5, 0.6) is 0 Å². The van der Waals surface area contributed by atoms with E-state index in [0.29, 0.717) is 11.5 Å². The van der Waals surface area contributed by atoms with Gasteiger partial charge in [-0.25, -0.2) is 13.2 Å². The Bertz CT molecular complexity index is 834. The lowest BCUT2D eigenvalue weighted by Gasteiger charge is -2.28. The van der Waals surface area contributed by atoms with Gasteiger partial charge in [-0.15, -0.1) is 0 Å². The zero-order chi connectivity index (χ0) is 21.0. The molecule has 1 saturated carbocycles. The van der Waals surface area contributed by atoms with Crippen molar-refractivity contribution in [3.8, 4) is 11.1 Å². The lowest BCUT2D eigenvalue weighted by Crippen LogP contribution is -2.13. The maximum Gasteiger partial charge on any atom is 0.267 e. The van der Waals surface area contributed by atoms with Crippen LogP contribution in [0.15, 0.2) is 36.4 Å². The molecule has 0 aliphatic heterocycles. The van der Waals surface area contributed by atoms with E-state index in [-0.39, 0.29) is 17.5 Å². The first-order valence-electron chi connectivity index (χ1n) is 10.7. The second kappa shape index (κ2) is 9.60. The number of hydrogen-bond acceptors (Lipinski definition) is 1. The number of benzene rings is 2. The molecule has 1 aliphatic carbocycles. The molecule has 0 bridgehead atoms. The average Bonchev–Trinajstić information content (AvgIpc) is 2.73. The first-order chi connectivity index (χ1) is 14.0. The van der Waals surface area contributed by atoms with E-state index < -0.39 is 23.6 Å². The highest BCUT2D eigenvalue weighted by Gasteiger charge is 2.25. The topological polar surface area (TPSA) is 17.1 Å². The average molecular weight is 403 g/mol. The second-order valence-electron chi connectivity index (χ2n) is 8.09. The van der Waals surface area contributed by atoms with Crippen molar-refractivity contribution in [2.24, 2.45) is 5.92 Å². The van der Waals surface area contributed by atoms with Crippen molar-refractivity contribution in [1.29, 1.82) is 0 Å². The Morgan fingerprint density at radius 2 is 1.66 bits per heavy atom. The van der Waals surface area contributed by atoms with E-state index in [0.717, 1.165) is 5.92 Å². The molecule has 0 unspecified atom stereocenters. The minimum Gasteiger partial charge on any atom is -0.294 e. The number of carbonyl (C=O) groups excluding carboxylic acids is 1. The first kappa shape index (κ1) is 21.6. The van der Waals surface area contributed by atoms with Crippen LogP contribution in [-0.2, 0) is 0 Å². The largest absolute Gasteiger partial charge is 0.294 e. The van der Waals surface area contributed by atoms with Crippen molar-refractivity contribution < 1.29 is 18.0 Å². The Morgan fingerprint density at radius 3 is 2.21 bits per heavy atom. The molecule has 1 fully saturated rings. The van der Waals surface area contributed by atoms with Gasteiger partial charge in [0.25, 0.3) is 6.43 Å². The van der Waals surface area contributed by atoms with Gasteiger partial charge in [-0.1, -0.05) is 63.1 Å². The fourth-order valence-electron chi connectivity index (χ4n) is 4.59. The summed E-state index contributed by atoms with van der Waals surface area (Å²) < 4.78 is 41.9. The summed E-state index contributed by atoms with van der Waals surface area (Å²) >= 11 is 0. The number of ketones is 1. The van der Waals surface area contributed by atoms with Gasteiger partial charge < -0.3 is 0 Å². The van der Waals surface area contributed by atoms with Crippen LogP contribution in [0.4, 0.5) is 13.2 Å². The number of hydrogen-bond donors (Lipinski definition) is 0. The third-order valence-corrected chi connectivity index (χ3v) is 6.26. The van der Waals surface area contributed by atoms with E-state index in [1.165, 1.54) is 56.2 Å². The van der Waals surface area contributed by atoms with E-state index in [9.17, 15) is 18.0 Å². The molecule has 1 aliphatic rings. The number of rotatable bonds is 7. The van der Waals surface area contributed by atoms with Gasteiger partial charge in [-0.05, 0) is 48.6 Å². The lowest BCUT2D eigenvalue weighted by molar-refractivity contribution is 0.0971. The predicted molar refractivity (Wildman–Crippen MR) is 111 cm³/mol. The Labute approximate surface area is 171 Å². The summed E-state index contributed by atoms with van der Waals surface area (Å²) in [6, 6.07) is 10.4. The number of Topliss-reactive ketones (excluding diaryl/α,β-unsaturated/α-hetero) is 1. The highest BCUT2D eigenvalue weighted by atomic mass is 19.3. The van der Waals surface area contributed by atoms with Gasteiger partial charge in [0, 0.05) is 17.5 Å². The summed E-state index contributed by atoms with van der Waals surface area (Å²) in [4.78, 5) is 11.9. The summed E-state index contributed by atoms with van der Waals surface area (Å²) in [5.41, 5.74) is 0.905. The minimum atomic E-state index is -3.03. The van der Waals surface area contributed by atoms with Crippen LogP contribution in [0, 0.1) is 11.7 Å². The van der Waals surface area contributed by atoms with Gasteiger partial charge >= 0.3 is 0 Å². The van der Waals surface area contributed by atoms with Crippen molar-refractivity contribution in [1.82, 2.24) is 0 Å². The van der Waals surface area contributed by atoms with Crippen LogP contribution in [-0.4, -0.2) is 5.78 Å². The fourth-order valence-corrected chi connectivity index (χ4v) is 4.59. The molecule has 0 saturated heterocycles. The number of halogens is 3. The van der Waals surface area contributed by atoms with Crippen molar-refractivity contribution in [3.63, 3.8) is 0 Å². The monoisotopic (exact) mass is 402 g/mol. The second-order valence-corrected chi connectivity index (χ2v) is 8.09. The van der Waals surface area contributed by atoms with Crippen molar-refractivity contribution in [2.45, 2.75) is 71.1 Å². The van der Waals surface area contributed by atoms with Gasteiger partial charge in [-0.3, -0.25) is 4.79 Å². The molecular formula is C25H29F3O. The summed E-state index contributed by atoms with van der Waals surface area (Å²) in [5.74, 6) is -0.114. The highest BCUT2D eigenvalue weighted by Crippen LogP contribution is 2.39. The molecule has 3 rings (SSSR count). The van der Waals surface area contributed by atoms with Crippen molar-refractivity contribution >= 4 is 5.78 Å². The molecule has 0 heterocycles. The Balaban J connectivity index is 1.83. The smallest absolute Gasteiger partial charge is 0.267 e. The van der Waals surface area contributed by atoms with Gasteiger partial charge in [0.05, 0.1) is 5.56 Å². The predicted octanol–water partition coefficient (Wildman–Crippen LogP) is 8.10. The quantitative estimate of drug-likeness (QED) is 0.428. The Morgan fingerprint density at radius 1 is 1.00 bits per heavy atom. The molecule has 0 N–H and O–H groups in total. The minimum absolute atomic E-state index is 0.0632. The zero-order valence-corrected chi connectivity index (χ0v) is 17.2. The summed E-state index contributed by atoms with van der Waals surface area (Å²) in [6.45, 7) is 3.81. The Hall–Kier alpha value is -2.10. The molecule has 0 amide bonds. The van der Waals surface area contributed by atoms with Crippen LogP contribution in [0.25, 0.3) is 11.1 Å². The summed E-state index contributed by atoms with van der Waals surface area (Å²) in [6.07, 6.45) is 4.40. The third kappa shape index (κ3) is 4.73. The molecule has 1 nitrogen and oxygen atoms in total. The molecule has 4 heteroatoms. The van der Waals surface area contributed by atoms with Gasteiger partial charge in [-0.2, -0.15) is 0 Å². The van der Waals surface area contributed by atoms with Crippen LogP contribution in [0.3, 0.4) is 0 Å². The molecular weight excluding hydrogens is 373 g/mol. The van der Waals surface area contributed by atoms with Crippen molar-refractivity contribution in [3.05, 3.63) is 58.9 Å². The standard InChI is InChI=1S/C25H29F3O/c1-3-5-16-6-8-17(9-7-16)18-10-12-19(13-11-18)20-14-15-21(22(29)4-2)23(24(20)26)25(27)28/h10-17,25H,3-9H2,1-2H3. The van der Waals surface area contributed by atoms with Crippen molar-refractivity contribution in [2.75, 3.05) is 0 Å². The molecule has 0 radical (unpaired) electrons. The molecule has 29 heavy (non-hydrogen) atoms. The summed E-state index contributed by atoms with van der Waals surface area (Å²) in [7, 11) is 0. The molecule has 2 aromatic carbocycles. The van der Waals surface area contributed by atoms with E-state index in [1.807, 2.05) is 24.3 Å². The van der Waals surface area contributed by atoms with Gasteiger partial charge in [0.15, 0.2) is 5.78 Å². The lowest BCUT2D eigenvalue weighted by atomic mass is 9.77. The van der Waals surface area contributed by atoms with Gasteiger partial charge in [0.1, 0.15) is 5.82 Å².